The summed E-state index contributed by atoms with van der Waals surface area (Å²) in [6.07, 6.45) is 3.08. The quantitative estimate of drug-likeness (QED) is 0.895. The van der Waals surface area contributed by atoms with Gasteiger partial charge in [0.2, 0.25) is 12.3 Å². The third-order valence-corrected chi connectivity index (χ3v) is 3.65. The van der Waals surface area contributed by atoms with Crippen molar-refractivity contribution in [2.24, 2.45) is 5.73 Å². The second-order valence-electron chi connectivity index (χ2n) is 5.07. The van der Waals surface area contributed by atoms with Gasteiger partial charge in [0.1, 0.15) is 0 Å². The Hall–Kier alpha value is -2.57. The summed E-state index contributed by atoms with van der Waals surface area (Å²) in [7, 11) is 0. The minimum atomic E-state index is -0.341. The van der Waals surface area contributed by atoms with Gasteiger partial charge < -0.3 is 20.4 Å². The van der Waals surface area contributed by atoms with Crippen LogP contribution in [0.4, 0.5) is 10.5 Å². The number of piperidine rings is 1. The van der Waals surface area contributed by atoms with Gasteiger partial charge in [-0.1, -0.05) is 6.07 Å². The van der Waals surface area contributed by atoms with Crippen LogP contribution in [-0.2, 0) is 0 Å². The highest BCUT2D eigenvalue weighted by molar-refractivity contribution is 5.72. The third-order valence-electron chi connectivity index (χ3n) is 3.65. The molecule has 2 heterocycles. The largest absolute Gasteiger partial charge is 0.423 e. The van der Waals surface area contributed by atoms with Crippen molar-refractivity contribution in [3.8, 4) is 11.5 Å². The van der Waals surface area contributed by atoms with E-state index in [9.17, 15) is 4.79 Å². The minimum absolute atomic E-state index is 0.332. The molecule has 0 saturated carbocycles. The number of amides is 2. The van der Waals surface area contributed by atoms with Crippen LogP contribution in [0.1, 0.15) is 12.8 Å². The maximum Gasteiger partial charge on any atom is 0.314 e. The molecule has 7 heteroatoms. The van der Waals surface area contributed by atoms with Crippen LogP contribution in [0, 0.1) is 0 Å². The van der Waals surface area contributed by atoms with E-state index in [0.717, 1.165) is 24.1 Å². The topological polar surface area (TPSA) is 97.3 Å². The fraction of sp³-hybridized carbons (Fsp3) is 0.357. The number of benzene rings is 1. The van der Waals surface area contributed by atoms with E-state index >= 15 is 0 Å². The summed E-state index contributed by atoms with van der Waals surface area (Å²) < 4.78 is 5.20. The van der Waals surface area contributed by atoms with E-state index in [2.05, 4.69) is 15.5 Å². The van der Waals surface area contributed by atoms with E-state index < -0.39 is 0 Å². The van der Waals surface area contributed by atoms with Gasteiger partial charge in [0.05, 0.1) is 0 Å². The molecular weight excluding hydrogens is 270 g/mol. The Labute approximate surface area is 122 Å². The van der Waals surface area contributed by atoms with Crippen LogP contribution < -0.4 is 11.1 Å². The minimum Gasteiger partial charge on any atom is -0.423 e. The van der Waals surface area contributed by atoms with Crippen LogP contribution >= 0.6 is 0 Å². The first kappa shape index (κ1) is 13.4. The Bertz CT molecular complexity index is 606. The Kier molecular flexibility index (Phi) is 3.72. The molecule has 7 nitrogen and oxygen atoms in total. The number of aromatic nitrogens is 2. The first-order chi connectivity index (χ1) is 10.2. The van der Waals surface area contributed by atoms with Crippen molar-refractivity contribution in [1.82, 2.24) is 15.1 Å². The van der Waals surface area contributed by atoms with Crippen LogP contribution in [0.5, 0.6) is 0 Å². The second kappa shape index (κ2) is 5.82. The van der Waals surface area contributed by atoms with Gasteiger partial charge in [-0.05, 0) is 31.0 Å². The Morgan fingerprint density at radius 3 is 2.86 bits per heavy atom. The molecule has 1 aliphatic heterocycles. The van der Waals surface area contributed by atoms with Crippen LogP contribution in [0.3, 0.4) is 0 Å². The van der Waals surface area contributed by atoms with Crippen LogP contribution in [0.25, 0.3) is 11.5 Å². The van der Waals surface area contributed by atoms with E-state index in [1.165, 1.54) is 6.39 Å². The molecule has 2 aromatic rings. The first-order valence-corrected chi connectivity index (χ1v) is 6.90. The molecule has 1 aromatic carbocycles. The van der Waals surface area contributed by atoms with E-state index in [4.69, 9.17) is 10.2 Å². The fourth-order valence-electron chi connectivity index (χ4n) is 2.52. The lowest BCUT2D eigenvalue weighted by atomic mass is 10.0. The van der Waals surface area contributed by atoms with E-state index in [1.54, 1.807) is 4.90 Å². The summed E-state index contributed by atoms with van der Waals surface area (Å²) in [6, 6.07) is 7.84. The Morgan fingerprint density at radius 2 is 2.19 bits per heavy atom. The smallest absolute Gasteiger partial charge is 0.314 e. The van der Waals surface area contributed by atoms with E-state index in [0.29, 0.717) is 25.0 Å². The number of hydrogen-bond donors (Lipinski definition) is 2. The number of anilines is 1. The van der Waals surface area contributed by atoms with Crippen LogP contribution in [-0.4, -0.2) is 40.3 Å². The van der Waals surface area contributed by atoms with Crippen molar-refractivity contribution in [1.29, 1.82) is 0 Å². The van der Waals surface area contributed by atoms with Crippen molar-refractivity contribution in [2.45, 2.75) is 18.9 Å². The number of primary amides is 1. The highest BCUT2D eigenvalue weighted by Gasteiger charge is 2.21. The number of likely N-dealkylation sites (tertiary alicyclic amines) is 1. The maximum atomic E-state index is 11.1. The van der Waals surface area contributed by atoms with Crippen molar-refractivity contribution < 1.29 is 9.21 Å². The summed E-state index contributed by atoms with van der Waals surface area (Å²) in [5, 5.41) is 11.1. The third kappa shape index (κ3) is 3.13. The van der Waals surface area contributed by atoms with Crippen LogP contribution in [0.2, 0.25) is 0 Å². The van der Waals surface area contributed by atoms with Gasteiger partial charge in [-0.25, -0.2) is 4.79 Å². The zero-order valence-corrected chi connectivity index (χ0v) is 11.5. The fourth-order valence-corrected chi connectivity index (χ4v) is 2.52. The predicted octanol–water partition coefficient (Wildman–Crippen LogP) is 1.69. The van der Waals surface area contributed by atoms with Crippen LogP contribution in [0.15, 0.2) is 35.1 Å². The van der Waals surface area contributed by atoms with Gasteiger partial charge in [0.25, 0.3) is 0 Å². The average Bonchev–Trinajstić information content (AvgIpc) is 3.02. The molecule has 3 N–H and O–H groups in total. The number of carbonyl (C=O) groups is 1. The van der Waals surface area contributed by atoms with Gasteiger partial charge in [-0.3, -0.25) is 0 Å². The van der Waals surface area contributed by atoms with Gasteiger partial charge >= 0.3 is 6.03 Å². The second-order valence-corrected chi connectivity index (χ2v) is 5.07. The zero-order valence-electron chi connectivity index (χ0n) is 11.5. The molecule has 21 heavy (non-hydrogen) atoms. The Morgan fingerprint density at radius 1 is 1.38 bits per heavy atom. The number of nitrogens with zero attached hydrogens (tertiary/aromatic N) is 3. The summed E-state index contributed by atoms with van der Waals surface area (Å²) in [4.78, 5) is 12.8. The van der Waals surface area contributed by atoms with Gasteiger partial charge in [-0.15, -0.1) is 10.2 Å². The molecule has 2 amide bonds. The summed E-state index contributed by atoms with van der Waals surface area (Å²) in [6.45, 7) is 1.38. The summed E-state index contributed by atoms with van der Waals surface area (Å²) in [5.74, 6) is 0.502. The molecule has 1 saturated heterocycles. The molecule has 1 fully saturated rings. The molecule has 0 bridgehead atoms. The highest BCUT2D eigenvalue weighted by atomic mass is 16.4. The van der Waals surface area contributed by atoms with E-state index in [1.807, 2.05) is 24.3 Å². The lowest BCUT2D eigenvalue weighted by Gasteiger charge is -2.31. The van der Waals surface area contributed by atoms with Crippen molar-refractivity contribution in [2.75, 3.05) is 18.4 Å². The van der Waals surface area contributed by atoms with E-state index in [-0.39, 0.29) is 6.03 Å². The molecule has 0 aliphatic carbocycles. The molecule has 1 aliphatic rings. The Balaban J connectivity index is 1.64. The lowest BCUT2D eigenvalue weighted by Crippen LogP contribution is -2.44. The SMILES string of the molecule is NC(=O)N1CCC(Nc2cccc(-c3nnco3)c2)CC1. The maximum absolute atomic E-state index is 11.1. The molecule has 0 atom stereocenters. The van der Waals surface area contributed by atoms with Gasteiger partial charge in [-0.2, -0.15) is 0 Å². The number of hydrogen-bond acceptors (Lipinski definition) is 5. The number of rotatable bonds is 3. The molecule has 0 radical (unpaired) electrons. The number of urea groups is 1. The first-order valence-electron chi connectivity index (χ1n) is 6.90. The average molecular weight is 287 g/mol. The normalized spacial score (nSPS) is 15.9. The van der Waals surface area contributed by atoms with Gasteiger partial charge in [0, 0.05) is 30.4 Å². The number of carbonyl (C=O) groups excluding carboxylic acids is 1. The zero-order chi connectivity index (χ0) is 14.7. The van der Waals surface area contributed by atoms with Gasteiger partial charge in [0.15, 0.2) is 0 Å². The summed E-state index contributed by atoms with van der Waals surface area (Å²) >= 11 is 0. The lowest BCUT2D eigenvalue weighted by molar-refractivity contribution is 0.193. The molecule has 0 unspecified atom stereocenters. The van der Waals surface area contributed by atoms with Crippen molar-refractivity contribution in [3.63, 3.8) is 0 Å². The highest BCUT2D eigenvalue weighted by Crippen LogP contribution is 2.22. The monoisotopic (exact) mass is 287 g/mol. The van der Waals surface area contributed by atoms with Crippen molar-refractivity contribution >= 4 is 11.7 Å². The molecular formula is C14H17N5O2. The standard InChI is InChI=1S/C14H17N5O2/c15-14(20)19-6-4-11(5-7-19)17-12-3-1-2-10(8-12)13-18-16-9-21-13/h1-3,8-9,11,17H,4-7H2,(H2,15,20). The molecule has 0 spiro atoms. The molecule has 1 aromatic heterocycles. The number of nitrogens with one attached hydrogen (secondary N) is 1. The molecule has 3 rings (SSSR count). The molecule has 110 valence electrons. The predicted molar refractivity (Wildman–Crippen MR) is 77.5 cm³/mol. The van der Waals surface area contributed by atoms with Crippen molar-refractivity contribution in [3.05, 3.63) is 30.7 Å². The number of nitrogens with two attached hydrogens (primary N) is 1. The summed E-state index contributed by atoms with van der Waals surface area (Å²) in [5.41, 5.74) is 7.17.